The Morgan fingerprint density at radius 1 is 1.50 bits per heavy atom. The molecule has 20 heavy (non-hydrogen) atoms. The van der Waals surface area contributed by atoms with Gasteiger partial charge in [-0.2, -0.15) is 8.78 Å². The zero-order valence-corrected chi connectivity index (χ0v) is 11.6. The zero-order valence-electron chi connectivity index (χ0n) is 10.8. The highest BCUT2D eigenvalue weighted by Crippen LogP contribution is 2.36. The molecule has 0 aromatic heterocycles. The average molecular weight is 314 g/mol. The second-order valence-electron chi connectivity index (χ2n) is 3.96. The van der Waals surface area contributed by atoms with Crippen molar-refractivity contribution in [3.63, 3.8) is 0 Å². The predicted octanol–water partition coefficient (Wildman–Crippen LogP) is 2.46. The van der Waals surface area contributed by atoms with Gasteiger partial charge in [0.15, 0.2) is 11.6 Å². The third kappa shape index (κ3) is 3.34. The molecule has 0 aliphatic carbocycles. The molecule has 0 spiro atoms. The van der Waals surface area contributed by atoms with Gasteiger partial charge < -0.3 is 15.6 Å². The van der Waals surface area contributed by atoms with E-state index in [0.717, 1.165) is 6.07 Å². The Morgan fingerprint density at radius 2 is 2.05 bits per heavy atom. The van der Waals surface area contributed by atoms with Crippen molar-refractivity contribution in [3.8, 4) is 5.75 Å². The molecule has 4 nitrogen and oxygen atoms in total. The zero-order chi connectivity index (χ0) is 14.8. The number of alkyl halides is 2. The number of benzene rings is 1. The first kappa shape index (κ1) is 18.5. The van der Waals surface area contributed by atoms with Crippen LogP contribution in [0.5, 0.6) is 5.75 Å². The topological polar surface area (TPSA) is 72.5 Å². The Balaban J connectivity index is 0.00000361. The summed E-state index contributed by atoms with van der Waals surface area (Å²) in [6.07, 6.45) is 0. The van der Waals surface area contributed by atoms with Crippen LogP contribution in [0.25, 0.3) is 0 Å². The normalized spacial score (nSPS) is 12.5. The van der Waals surface area contributed by atoms with Crippen LogP contribution in [0.2, 0.25) is 0 Å². The number of halogens is 4. The summed E-state index contributed by atoms with van der Waals surface area (Å²) in [5.41, 5.74) is 4.77. The van der Waals surface area contributed by atoms with Gasteiger partial charge in [-0.1, -0.05) is 12.1 Å². The summed E-state index contributed by atoms with van der Waals surface area (Å²) in [5, 5.41) is 9.48. The van der Waals surface area contributed by atoms with Gasteiger partial charge in [-0.25, -0.2) is 9.18 Å². The number of carbonyl (C=O) groups is 1. The molecule has 1 atom stereocenters. The highest BCUT2D eigenvalue weighted by atomic mass is 35.5. The van der Waals surface area contributed by atoms with E-state index in [4.69, 9.17) is 5.73 Å². The lowest BCUT2D eigenvalue weighted by atomic mass is 9.98. The SMILES string of the molecule is CCOC(=O)C(F)(F)[C@H](N)c1ccc(C)c(F)c1O.Cl. The lowest BCUT2D eigenvalue weighted by Gasteiger charge is -2.22. The van der Waals surface area contributed by atoms with E-state index in [0.29, 0.717) is 0 Å². The number of aromatic hydroxyl groups is 1. The number of nitrogens with two attached hydrogens (primary N) is 1. The highest BCUT2D eigenvalue weighted by molar-refractivity contribution is 5.85. The maximum absolute atomic E-state index is 13.7. The Morgan fingerprint density at radius 3 is 2.55 bits per heavy atom. The minimum atomic E-state index is -4.06. The second-order valence-corrected chi connectivity index (χ2v) is 3.96. The second kappa shape index (κ2) is 6.81. The van der Waals surface area contributed by atoms with Gasteiger partial charge in [0.1, 0.15) is 6.04 Å². The van der Waals surface area contributed by atoms with Crippen molar-refractivity contribution in [2.75, 3.05) is 6.61 Å². The third-order valence-electron chi connectivity index (χ3n) is 2.61. The van der Waals surface area contributed by atoms with Gasteiger partial charge in [0.05, 0.1) is 6.61 Å². The lowest BCUT2D eigenvalue weighted by Crippen LogP contribution is -2.41. The summed E-state index contributed by atoms with van der Waals surface area (Å²) >= 11 is 0. The standard InChI is InChI=1S/C12H14F3NO3.ClH/c1-3-19-11(18)12(14,15)10(16)7-5-4-6(2)8(13)9(7)17;/h4-5,10,17H,3,16H2,1-2H3;1H/t10-;/m1./s1. The number of hydrogen-bond acceptors (Lipinski definition) is 4. The molecule has 0 amide bonds. The largest absolute Gasteiger partial charge is 0.505 e. The van der Waals surface area contributed by atoms with Crippen LogP contribution in [0.4, 0.5) is 13.2 Å². The molecule has 0 saturated heterocycles. The first-order valence-electron chi connectivity index (χ1n) is 5.52. The fraction of sp³-hybridized carbons (Fsp3) is 0.417. The van der Waals surface area contributed by atoms with Crippen LogP contribution < -0.4 is 5.73 Å². The molecule has 0 saturated carbocycles. The predicted molar refractivity (Wildman–Crippen MR) is 68.6 cm³/mol. The molecule has 1 aromatic rings. The minimum Gasteiger partial charge on any atom is -0.505 e. The molecule has 0 aliphatic heterocycles. The van der Waals surface area contributed by atoms with Crippen molar-refractivity contribution in [3.05, 3.63) is 29.1 Å². The van der Waals surface area contributed by atoms with Crippen LogP contribution in [0.15, 0.2) is 12.1 Å². The fourth-order valence-corrected chi connectivity index (χ4v) is 1.48. The van der Waals surface area contributed by atoms with Crippen LogP contribution in [0.3, 0.4) is 0 Å². The molecule has 0 unspecified atom stereocenters. The van der Waals surface area contributed by atoms with E-state index in [1.54, 1.807) is 0 Å². The molecule has 3 N–H and O–H groups in total. The number of carbonyl (C=O) groups excluding carboxylic acids is 1. The van der Waals surface area contributed by atoms with Crippen LogP contribution in [-0.2, 0) is 9.53 Å². The highest BCUT2D eigenvalue weighted by Gasteiger charge is 2.48. The van der Waals surface area contributed by atoms with Crippen molar-refractivity contribution in [1.29, 1.82) is 0 Å². The summed E-state index contributed by atoms with van der Waals surface area (Å²) in [6, 6.07) is 0.0402. The number of ether oxygens (including phenoxy) is 1. The van der Waals surface area contributed by atoms with Gasteiger partial charge in [0, 0.05) is 5.56 Å². The molecule has 8 heteroatoms. The van der Waals surface area contributed by atoms with Gasteiger partial charge in [0.25, 0.3) is 0 Å². The first-order chi connectivity index (χ1) is 8.73. The number of esters is 1. The maximum atomic E-state index is 13.7. The van der Waals surface area contributed by atoms with E-state index < -0.39 is 35.1 Å². The van der Waals surface area contributed by atoms with Gasteiger partial charge in [-0.3, -0.25) is 0 Å². The van der Waals surface area contributed by atoms with Crippen LogP contribution in [0, 0.1) is 12.7 Å². The first-order valence-corrected chi connectivity index (χ1v) is 5.52. The van der Waals surface area contributed by atoms with E-state index in [1.165, 1.54) is 19.9 Å². The fourth-order valence-electron chi connectivity index (χ4n) is 1.48. The number of phenols is 1. The van der Waals surface area contributed by atoms with Crippen molar-refractivity contribution in [2.24, 2.45) is 5.73 Å². The van der Waals surface area contributed by atoms with Gasteiger partial charge in [-0.15, -0.1) is 12.4 Å². The Bertz CT molecular complexity index is 497. The molecule has 0 radical (unpaired) electrons. The minimum absolute atomic E-state index is 0. The molecular formula is C12H15ClF3NO3. The van der Waals surface area contributed by atoms with E-state index in [1.807, 2.05) is 0 Å². The smallest absolute Gasteiger partial charge is 0.379 e. The number of phenolic OH excluding ortho intramolecular Hbond substituents is 1. The molecule has 0 heterocycles. The van der Waals surface area contributed by atoms with Crippen molar-refractivity contribution in [2.45, 2.75) is 25.8 Å². The molecule has 0 fully saturated rings. The van der Waals surface area contributed by atoms with Crippen molar-refractivity contribution < 1.29 is 27.8 Å². The van der Waals surface area contributed by atoms with Crippen LogP contribution in [0.1, 0.15) is 24.1 Å². The summed E-state index contributed by atoms with van der Waals surface area (Å²) in [7, 11) is 0. The number of hydrogen-bond donors (Lipinski definition) is 2. The maximum Gasteiger partial charge on any atom is 0.379 e. The Labute approximate surface area is 120 Å². The number of rotatable bonds is 4. The summed E-state index contributed by atoms with van der Waals surface area (Å²) in [4.78, 5) is 11.1. The summed E-state index contributed by atoms with van der Waals surface area (Å²) < 4.78 is 44.9. The average Bonchev–Trinajstić information content (AvgIpc) is 2.35. The molecule has 0 aliphatic rings. The van der Waals surface area contributed by atoms with Gasteiger partial charge >= 0.3 is 11.9 Å². The van der Waals surface area contributed by atoms with Crippen LogP contribution >= 0.6 is 12.4 Å². The Hall–Kier alpha value is -1.47. The van der Waals surface area contributed by atoms with E-state index in [2.05, 4.69) is 4.74 Å². The molecular weight excluding hydrogens is 299 g/mol. The summed E-state index contributed by atoms with van der Waals surface area (Å²) in [5.74, 6) is -7.91. The molecule has 1 aromatic carbocycles. The Kier molecular flexibility index (Phi) is 6.31. The number of aryl methyl sites for hydroxylation is 1. The molecule has 1 rings (SSSR count). The van der Waals surface area contributed by atoms with Crippen molar-refractivity contribution in [1.82, 2.24) is 0 Å². The van der Waals surface area contributed by atoms with E-state index >= 15 is 0 Å². The quantitative estimate of drug-likeness (QED) is 0.838. The van der Waals surface area contributed by atoms with E-state index in [-0.39, 0.29) is 24.6 Å². The van der Waals surface area contributed by atoms with Crippen LogP contribution in [-0.4, -0.2) is 23.6 Å². The third-order valence-corrected chi connectivity index (χ3v) is 2.61. The molecule has 114 valence electrons. The lowest BCUT2D eigenvalue weighted by molar-refractivity contribution is -0.174. The summed E-state index contributed by atoms with van der Waals surface area (Å²) in [6.45, 7) is 2.48. The van der Waals surface area contributed by atoms with Crippen molar-refractivity contribution >= 4 is 18.4 Å². The monoisotopic (exact) mass is 313 g/mol. The van der Waals surface area contributed by atoms with Gasteiger partial charge in [0.2, 0.25) is 0 Å². The van der Waals surface area contributed by atoms with Gasteiger partial charge in [-0.05, 0) is 19.4 Å². The molecule has 0 bridgehead atoms. The van der Waals surface area contributed by atoms with E-state index in [9.17, 15) is 23.1 Å².